The van der Waals surface area contributed by atoms with Gasteiger partial charge in [0.15, 0.2) is 17.3 Å². The monoisotopic (exact) mass is 554 g/mol. The average Bonchev–Trinajstić information content (AvgIpc) is 3.23. The minimum absolute atomic E-state index is 0.447. The third kappa shape index (κ3) is 5.86. The van der Waals surface area contributed by atoms with E-state index >= 15 is 0 Å². The summed E-state index contributed by atoms with van der Waals surface area (Å²) in [5, 5.41) is 7.25. The maximum atomic E-state index is 6.13. The number of H-pyrrole nitrogens is 1. The first-order valence-electron chi connectivity index (χ1n) is 11.2. The van der Waals surface area contributed by atoms with E-state index in [1.807, 2.05) is 43.3 Å². The van der Waals surface area contributed by atoms with Gasteiger partial charge in [-0.15, -0.1) is 0 Å². The van der Waals surface area contributed by atoms with Gasteiger partial charge in [0.25, 0.3) is 0 Å². The minimum Gasteiger partial charge on any atom is -0.496 e. The third-order valence-corrected chi connectivity index (χ3v) is 6.20. The molecule has 0 atom stereocenters. The molecule has 0 aliphatic carbocycles. The molecule has 9 heteroatoms. The van der Waals surface area contributed by atoms with Crippen molar-refractivity contribution in [3.05, 3.63) is 86.6 Å². The van der Waals surface area contributed by atoms with E-state index in [0.29, 0.717) is 47.6 Å². The lowest BCUT2D eigenvalue weighted by molar-refractivity contribution is 0.267. The van der Waals surface area contributed by atoms with Gasteiger partial charge < -0.3 is 19.6 Å². The topological polar surface area (TPSA) is 73.3 Å². The molecule has 0 aliphatic heterocycles. The highest BCUT2D eigenvalue weighted by Gasteiger charge is 2.16. The fraction of sp³-hybridized carbons (Fsp3) is 0.231. The number of nitrogens with one attached hydrogen (secondary N) is 2. The first-order chi connectivity index (χ1) is 17.0. The molecule has 0 amide bonds. The van der Waals surface area contributed by atoms with Crippen molar-refractivity contribution in [2.75, 3.05) is 19.1 Å². The van der Waals surface area contributed by atoms with Crippen LogP contribution in [0.25, 0.3) is 11.4 Å². The Morgan fingerprint density at radius 1 is 1.03 bits per heavy atom. The summed E-state index contributed by atoms with van der Waals surface area (Å²) in [6.07, 6.45) is 0. The fourth-order valence-electron chi connectivity index (χ4n) is 3.59. The number of ether oxygens (including phenoxy) is 3. The van der Waals surface area contributed by atoms with E-state index < -0.39 is 0 Å². The lowest BCUT2D eigenvalue weighted by Gasteiger charge is -2.17. The molecule has 0 fully saturated rings. The predicted molar refractivity (Wildman–Crippen MR) is 143 cm³/mol. The van der Waals surface area contributed by atoms with E-state index in [0.717, 1.165) is 21.2 Å². The Hall–Kier alpha value is -3.30. The molecular weight excluding hydrogens is 528 g/mol. The van der Waals surface area contributed by atoms with Gasteiger partial charge in [0.1, 0.15) is 12.4 Å². The Balaban J connectivity index is 1.55. The minimum atomic E-state index is 0.447. The van der Waals surface area contributed by atoms with Crippen LogP contribution in [0, 0.1) is 11.7 Å². The van der Waals surface area contributed by atoms with Crippen molar-refractivity contribution in [2.45, 2.75) is 27.0 Å². The number of aryl methyl sites for hydroxylation is 1. The maximum absolute atomic E-state index is 6.13. The highest BCUT2D eigenvalue weighted by molar-refractivity contribution is 9.10. The van der Waals surface area contributed by atoms with E-state index in [1.165, 1.54) is 5.56 Å². The lowest BCUT2D eigenvalue weighted by Crippen LogP contribution is -2.16. The van der Waals surface area contributed by atoms with Crippen LogP contribution in [0.5, 0.6) is 17.2 Å². The van der Waals surface area contributed by atoms with Crippen LogP contribution < -0.4 is 19.6 Å². The van der Waals surface area contributed by atoms with Crippen LogP contribution in [-0.4, -0.2) is 28.6 Å². The van der Waals surface area contributed by atoms with Crippen molar-refractivity contribution < 1.29 is 14.2 Å². The standard InChI is InChI=1S/C26H27BrN4O3S/c1-4-33-23-14-19(13-21(27)24(23)34-16-18-11-9-17(2)10-12-18)15-28-31-25(29-30-26(31)35)20-7-5-6-8-22(20)32-3/h5-14,28H,4,15-16H2,1-3H3,(H,30,35). The summed E-state index contributed by atoms with van der Waals surface area (Å²) in [6, 6.07) is 19.9. The summed E-state index contributed by atoms with van der Waals surface area (Å²) in [5.74, 6) is 2.69. The first-order valence-corrected chi connectivity index (χ1v) is 12.4. The predicted octanol–water partition coefficient (Wildman–Crippen LogP) is 6.41. The van der Waals surface area contributed by atoms with Crippen LogP contribution in [0.1, 0.15) is 23.6 Å². The van der Waals surface area contributed by atoms with Crippen molar-refractivity contribution in [3.63, 3.8) is 0 Å². The summed E-state index contributed by atoms with van der Waals surface area (Å²) in [6.45, 7) is 5.47. The van der Waals surface area contributed by atoms with Crippen molar-refractivity contribution in [3.8, 4) is 28.6 Å². The van der Waals surface area contributed by atoms with Crippen LogP contribution in [0.3, 0.4) is 0 Å². The molecule has 2 N–H and O–H groups in total. The number of halogens is 1. The quantitative estimate of drug-likeness (QED) is 0.221. The van der Waals surface area contributed by atoms with Crippen LogP contribution >= 0.6 is 28.1 Å². The van der Waals surface area contributed by atoms with E-state index in [1.54, 1.807) is 11.8 Å². The molecule has 0 unspecified atom stereocenters. The Morgan fingerprint density at radius 3 is 2.54 bits per heavy atom. The number of nitrogens with zero attached hydrogens (tertiary/aromatic N) is 2. The molecule has 3 aromatic carbocycles. The number of hydrogen-bond donors (Lipinski definition) is 2. The third-order valence-electron chi connectivity index (χ3n) is 5.33. The number of hydrogen-bond acceptors (Lipinski definition) is 6. The van der Waals surface area contributed by atoms with Gasteiger partial charge in [0.05, 0.1) is 30.3 Å². The summed E-state index contributed by atoms with van der Waals surface area (Å²) in [5.41, 5.74) is 7.47. The molecule has 0 radical (unpaired) electrons. The van der Waals surface area contributed by atoms with E-state index in [9.17, 15) is 0 Å². The molecule has 0 aliphatic rings. The van der Waals surface area contributed by atoms with Crippen LogP contribution in [0.2, 0.25) is 0 Å². The molecule has 4 aromatic rings. The lowest BCUT2D eigenvalue weighted by atomic mass is 10.1. The molecule has 182 valence electrons. The van der Waals surface area contributed by atoms with Crippen molar-refractivity contribution in [1.29, 1.82) is 0 Å². The molecule has 4 rings (SSSR count). The molecular formula is C26H27BrN4O3S. The average molecular weight is 555 g/mol. The molecule has 0 saturated heterocycles. The summed E-state index contributed by atoms with van der Waals surface area (Å²) < 4.78 is 20.5. The van der Waals surface area contributed by atoms with Gasteiger partial charge in [-0.05, 0) is 77.4 Å². The zero-order valence-electron chi connectivity index (χ0n) is 19.8. The van der Waals surface area contributed by atoms with Gasteiger partial charge in [0, 0.05) is 0 Å². The second kappa shape index (κ2) is 11.4. The Kier molecular flexibility index (Phi) is 8.09. The summed E-state index contributed by atoms with van der Waals surface area (Å²) >= 11 is 9.12. The van der Waals surface area contributed by atoms with Crippen LogP contribution in [0.15, 0.2) is 65.1 Å². The first kappa shape index (κ1) is 24.8. The van der Waals surface area contributed by atoms with E-state index in [2.05, 4.69) is 62.7 Å². The zero-order valence-corrected chi connectivity index (χ0v) is 22.2. The highest BCUT2D eigenvalue weighted by atomic mass is 79.9. The van der Waals surface area contributed by atoms with Gasteiger partial charge in [-0.3, -0.25) is 0 Å². The van der Waals surface area contributed by atoms with Gasteiger partial charge >= 0.3 is 0 Å². The van der Waals surface area contributed by atoms with Crippen LogP contribution in [0.4, 0.5) is 0 Å². The highest BCUT2D eigenvalue weighted by Crippen LogP contribution is 2.37. The van der Waals surface area contributed by atoms with Crippen molar-refractivity contribution in [2.24, 2.45) is 0 Å². The molecule has 1 heterocycles. The maximum Gasteiger partial charge on any atom is 0.214 e. The van der Waals surface area contributed by atoms with Crippen molar-refractivity contribution in [1.82, 2.24) is 14.9 Å². The number of rotatable bonds is 10. The number of aromatic nitrogens is 3. The second-order valence-corrected chi connectivity index (χ2v) is 9.08. The number of benzene rings is 3. The second-order valence-electron chi connectivity index (χ2n) is 7.84. The number of para-hydroxylation sites is 1. The molecule has 0 saturated carbocycles. The Labute approximate surface area is 218 Å². The molecule has 1 aromatic heterocycles. The number of methoxy groups -OCH3 is 1. The Morgan fingerprint density at radius 2 is 1.80 bits per heavy atom. The smallest absolute Gasteiger partial charge is 0.214 e. The normalized spacial score (nSPS) is 10.7. The molecule has 0 spiro atoms. The molecule has 7 nitrogen and oxygen atoms in total. The Bertz CT molecular complexity index is 1350. The molecule has 35 heavy (non-hydrogen) atoms. The van der Waals surface area contributed by atoms with Crippen molar-refractivity contribution >= 4 is 28.1 Å². The zero-order chi connectivity index (χ0) is 24.8. The van der Waals surface area contributed by atoms with Crippen LogP contribution in [-0.2, 0) is 13.2 Å². The molecule has 0 bridgehead atoms. The van der Waals surface area contributed by atoms with Gasteiger partial charge in [-0.25, -0.2) is 9.77 Å². The van der Waals surface area contributed by atoms with Gasteiger partial charge in [-0.2, -0.15) is 5.10 Å². The SMILES string of the molecule is CCOc1cc(CNn2c(-c3ccccc3OC)n[nH]c2=S)cc(Br)c1OCc1ccc(C)cc1. The van der Waals surface area contributed by atoms with Gasteiger partial charge in [0.2, 0.25) is 4.77 Å². The van der Waals surface area contributed by atoms with Gasteiger partial charge in [-0.1, -0.05) is 42.0 Å². The summed E-state index contributed by atoms with van der Waals surface area (Å²) in [7, 11) is 1.63. The fourth-order valence-corrected chi connectivity index (χ4v) is 4.39. The van der Waals surface area contributed by atoms with E-state index in [4.69, 9.17) is 26.4 Å². The number of aromatic amines is 1. The largest absolute Gasteiger partial charge is 0.496 e. The van der Waals surface area contributed by atoms with E-state index in [-0.39, 0.29) is 0 Å². The summed E-state index contributed by atoms with van der Waals surface area (Å²) in [4.78, 5) is 0.